The lowest BCUT2D eigenvalue weighted by atomic mass is 10.1. The first-order valence-electron chi connectivity index (χ1n) is 6.42. The summed E-state index contributed by atoms with van der Waals surface area (Å²) in [5, 5.41) is 3.19. The number of sulfone groups is 1. The van der Waals surface area contributed by atoms with Crippen molar-refractivity contribution in [3.05, 3.63) is 28.0 Å². The molecule has 116 valence electrons. The molecule has 2 rings (SSSR count). The minimum absolute atomic E-state index is 0.118. The predicted molar refractivity (Wildman–Crippen MR) is 80.6 cm³/mol. The fraction of sp³-hybridized carbons (Fsp3) is 0.462. The summed E-state index contributed by atoms with van der Waals surface area (Å²) >= 11 is 3.13. The van der Waals surface area contributed by atoms with Gasteiger partial charge in [-0.2, -0.15) is 0 Å². The van der Waals surface area contributed by atoms with E-state index >= 15 is 0 Å². The SMILES string of the molecule is CC1CN(C(=O)c2cc(Br)cc(S(C)(=O)=O)c2F)CCN1. The van der Waals surface area contributed by atoms with Crippen LogP contribution in [-0.4, -0.2) is 51.2 Å². The molecular weight excluding hydrogens is 363 g/mol. The van der Waals surface area contributed by atoms with Crippen molar-refractivity contribution in [1.82, 2.24) is 10.2 Å². The van der Waals surface area contributed by atoms with Gasteiger partial charge in [-0.25, -0.2) is 12.8 Å². The van der Waals surface area contributed by atoms with Gasteiger partial charge in [0, 0.05) is 36.4 Å². The first kappa shape index (κ1) is 16.4. The molecule has 1 aromatic rings. The van der Waals surface area contributed by atoms with Crippen LogP contribution in [0.5, 0.6) is 0 Å². The Morgan fingerprint density at radius 3 is 2.71 bits per heavy atom. The summed E-state index contributed by atoms with van der Waals surface area (Å²) in [6.45, 7) is 3.47. The Balaban J connectivity index is 2.44. The second-order valence-electron chi connectivity index (χ2n) is 5.14. The molecule has 0 aliphatic carbocycles. The molecule has 0 bridgehead atoms. The summed E-state index contributed by atoms with van der Waals surface area (Å²) in [6, 6.07) is 2.60. The molecule has 5 nitrogen and oxygen atoms in total. The Morgan fingerprint density at radius 2 is 2.14 bits per heavy atom. The van der Waals surface area contributed by atoms with Crippen LogP contribution in [-0.2, 0) is 9.84 Å². The number of hydrogen-bond acceptors (Lipinski definition) is 4. The van der Waals surface area contributed by atoms with E-state index in [0.717, 1.165) is 6.26 Å². The minimum Gasteiger partial charge on any atom is -0.336 e. The predicted octanol–water partition coefficient (Wildman–Crippen LogP) is 1.43. The maximum atomic E-state index is 14.4. The molecule has 0 radical (unpaired) electrons. The van der Waals surface area contributed by atoms with Gasteiger partial charge in [-0.3, -0.25) is 4.79 Å². The molecule has 8 heteroatoms. The first-order valence-corrected chi connectivity index (χ1v) is 9.10. The number of carbonyl (C=O) groups excluding carboxylic acids is 1. The van der Waals surface area contributed by atoms with Crippen LogP contribution in [0, 0.1) is 5.82 Å². The topological polar surface area (TPSA) is 66.5 Å². The first-order chi connectivity index (χ1) is 9.70. The van der Waals surface area contributed by atoms with Crippen LogP contribution in [0.25, 0.3) is 0 Å². The molecule has 21 heavy (non-hydrogen) atoms. The van der Waals surface area contributed by atoms with Gasteiger partial charge in [-0.05, 0) is 19.1 Å². The Hall–Kier alpha value is -0.990. The third-order valence-corrected chi connectivity index (χ3v) is 4.84. The average molecular weight is 379 g/mol. The summed E-state index contributed by atoms with van der Waals surface area (Å²) in [5.41, 5.74) is -0.223. The van der Waals surface area contributed by atoms with Crippen LogP contribution in [0.1, 0.15) is 17.3 Å². The van der Waals surface area contributed by atoms with Crippen LogP contribution < -0.4 is 5.32 Å². The highest BCUT2D eigenvalue weighted by atomic mass is 79.9. The molecule has 1 N–H and O–H groups in total. The Kier molecular flexibility index (Phi) is 4.69. The number of carbonyl (C=O) groups is 1. The molecule has 0 spiro atoms. The molecule has 1 fully saturated rings. The van der Waals surface area contributed by atoms with Crippen molar-refractivity contribution < 1.29 is 17.6 Å². The van der Waals surface area contributed by atoms with E-state index in [1.54, 1.807) is 0 Å². The van der Waals surface area contributed by atoms with E-state index in [2.05, 4.69) is 21.2 Å². The summed E-state index contributed by atoms with van der Waals surface area (Å²) in [6.07, 6.45) is 0.916. The zero-order valence-corrected chi connectivity index (χ0v) is 14.1. The van der Waals surface area contributed by atoms with Gasteiger partial charge in [0.2, 0.25) is 0 Å². The van der Waals surface area contributed by atoms with Gasteiger partial charge >= 0.3 is 0 Å². The zero-order valence-electron chi connectivity index (χ0n) is 11.7. The molecule has 1 amide bonds. The fourth-order valence-corrected chi connectivity index (χ4v) is 3.66. The summed E-state index contributed by atoms with van der Waals surface area (Å²) < 4.78 is 38.0. The molecule has 1 aliphatic rings. The van der Waals surface area contributed by atoms with Crippen LogP contribution in [0.15, 0.2) is 21.5 Å². The molecule has 1 saturated heterocycles. The van der Waals surface area contributed by atoms with Crippen molar-refractivity contribution in [2.45, 2.75) is 17.9 Å². The second kappa shape index (κ2) is 6.02. The van der Waals surface area contributed by atoms with Crippen molar-refractivity contribution in [1.29, 1.82) is 0 Å². The average Bonchev–Trinajstić information content (AvgIpc) is 2.39. The fourth-order valence-electron chi connectivity index (χ4n) is 2.28. The largest absolute Gasteiger partial charge is 0.336 e. The van der Waals surface area contributed by atoms with Crippen LogP contribution in [0.3, 0.4) is 0 Å². The van der Waals surface area contributed by atoms with E-state index in [1.165, 1.54) is 17.0 Å². The van der Waals surface area contributed by atoms with Crippen LogP contribution in [0.4, 0.5) is 4.39 Å². The minimum atomic E-state index is -3.74. The Bertz CT molecular complexity index is 678. The lowest BCUT2D eigenvalue weighted by molar-refractivity contribution is 0.0703. The molecule has 0 aromatic heterocycles. The lowest BCUT2D eigenvalue weighted by Crippen LogP contribution is -2.51. The lowest BCUT2D eigenvalue weighted by Gasteiger charge is -2.32. The molecular formula is C13H16BrFN2O3S. The number of amides is 1. The van der Waals surface area contributed by atoms with E-state index in [-0.39, 0.29) is 11.6 Å². The van der Waals surface area contributed by atoms with E-state index in [0.29, 0.717) is 24.1 Å². The van der Waals surface area contributed by atoms with Gasteiger partial charge in [-0.15, -0.1) is 0 Å². The highest BCUT2D eigenvalue weighted by Gasteiger charge is 2.27. The number of nitrogens with zero attached hydrogens (tertiary/aromatic N) is 1. The third-order valence-electron chi connectivity index (χ3n) is 3.29. The molecule has 1 unspecified atom stereocenters. The standard InChI is InChI=1S/C13H16BrFN2O3S/c1-8-7-17(4-3-16-8)13(18)10-5-9(14)6-11(12(10)15)21(2,19)20/h5-6,8,16H,3-4,7H2,1-2H3. The highest BCUT2D eigenvalue weighted by Crippen LogP contribution is 2.25. The number of hydrogen-bond donors (Lipinski definition) is 1. The molecule has 1 heterocycles. The normalized spacial score (nSPS) is 19.6. The molecule has 1 aromatic carbocycles. The van der Waals surface area contributed by atoms with Gasteiger partial charge in [-0.1, -0.05) is 15.9 Å². The summed E-state index contributed by atoms with van der Waals surface area (Å²) in [7, 11) is -3.74. The maximum absolute atomic E-state index is 14.4. The van der Waals surface area contributed by atoms with Gasteiger partial charge in [0.15, 0.2) is 15.7 Å². The van der Waals surface area contributed by atoms with E-state index < -0.39 is 26.5 Å². The number of halogens is 2. The van der Waals surface area contributed by atoms with E-state index in [1.807, 2.05) is 6.92 Å². The zero-order chi connectivity index (χ0) is 15.8. The summed E-state index contributed by atoms with van der Waals surface area (Å²) in [5.74, 6) is -1.48. The van der Waals surface area contributed by atoms with E-state index in [9.17, 15) is 17.6 Å². The van der Waals surface area contributed by atoms with Crippen molar-refractivity contribution in [2.75, 3.05) is 25.9 Å². The number of benzene rings is 1. The van der Waals surface area contributed by atoms with Crippen molar-refractivity contribution in [3.63, 3.8) is 0 Å². The Labute approximate surface area is 131 Å². The summed E-state index contributed by atoms with van der Waals surface area (Å²) in [4.78, 5) is 13.5. The molecule has 0 saturated carbocycles. The quantitative estimate of drug-likeness (QED) is 0.844. The molecule has 1 aliphatic heterocycles. The number of nitrogens with one attached hydrogen (secondary N) is 1. The van der Waals surface area contributed by atoms with Crippen molar-refractivity contribution >= 4 is 31.7 Å². The smallest absolute Gasteiger partial charge is 0.257 e. The monoisotopic (exact) mass is 378 g/mol. The second-order valence-corrected chi connectivity index (χ2v) is 8.04. The van der Waals surface area contributed by atoms with E-state index in [4.69, 9.17) is 0 Å². The van der Waals surface area contributed by atoms with Gasteiger partial charge in [0.05, 0.1) is 5.56 Å². The Morgan fingerprint density at radius 1 is 1.48 bits per heavy atom. The van der Waals surface area contributed by atoms with Crippen LogP contribution >= 0.6 is 15.9 Å². The highest BCUT2D eigenvalue weighted by molar-refractivity contribution is 9.10. The number of rotatable bonds is 2. The van der Waals surface area contributed by atoms with Gasteiger partial charge < -0.3 is 10.2 Å². The third kappa shape index (κ3) is 3.61. The van der Waals surface area contributed by atoms with Gasteiger partial charge in [0.25, 0.3) is 5.91 Å². The maximum Gasteiger partial charge on any atom is 0.257 e. The van der Waals surface area contributed by atoms with Crippen LogP contribution in [0.2, 0.25) is 0 Å². The van der Waals surface area contributed by atoms with Gasteiger partial charge in [0.1, 0.15) is 4.90 Å². The number of piperazine rings is 1. The van der Waals surface area contributed by atoms with Crippen molar-refractivity contribution in [2.24, 2.45) is 0 Å². The van der Waals surface area contributed by atoms with Crippen molar-refractivity contribution in [3.8, 4) is 0 Å². The molecule has 1 atom stereocenters.